The van der Waals surface area contributed by atoms with E-state index in [4.69, 9.17) is 23.2 Å². The van der Waals surface area contributed by atoms with Crippen molar-refractivity contribution in [3.8, 4) is 0 Å². The Kier molecular flexibility index (Phi) is 5.25. The minimum atomic E-state index is -0.613. The van der Waals surface area contributed by atoms with Crippen LogP contribution in [0.4, 0.5) is 10.1 Å². The Balaban J connectivity index is 1.65. The average molecular weight is 381 g/mol. The maximum absolute atomic E-state index is 13.8. The molecule has 2 amide bonds. The van der Waals surface area contributed by atoms with Crippen molar-refractivity contribution in [1.82, 2.24) is 4.90 Å². The van der Waals surface area contributed by atoms with Crippen LogP contribution >= 0.6 is 23.2 Å². The third-order valence-corrected chi connectivity index (χ3v) is 4.70. The van der Waals surface area contributed by atoms with Gasteiger partial charge in [0, 0.05) is 29.6 Å². The number of nitrogens with zero attached hydrogens (tertiary/aromatic N) is 1. The second kappa shape index (κ2) is 7.42. The highest BCUT2D eigenvalue weighted by Crippen LogP contribution is 2.25. The van der Waals surface area contributed by atoms with Crippen LogP contribution in [0, 0.1) is 11.7 Å². The molecule has 4 nitrogen and oxygen atoms in total. The fourth-order valence-corrected chi connectivity index (χ4v) is 3.11. The number of hydrogen-bond acceptors (Lipinski definition) is 2. The van der Waals surface area contributed by atoms with E-state index in [9.17, 15) is 14.0 Å². The molecule has 1 N–H and O–H groups in total. The van der Waals surface area contributed by atoms with Gasteiger partial charge >= 0.3 is 0 Å². The van der Waals surface area contributed by atoms with Gasteiger partial charge in [-0.2, -0.15) is 0 Å². The molecule has 1 heterocycles. The monoisotopic (exact) mass is 380 g/mol. The Hall–Kier alpha value is -2.11. The van der Waals surface area contributed by atoms with Crippen LogP contribution in [-0.4, -0.2) is 23.3 Å². The number of nitrogens with one attached hydrogen (secondary N) is 1. The van der Waals surface area contributed by atoms with Crippen molar-refractivity contribution < 1.29 is 14.0 Å². The molecule has 1 aliphatic rings. The van der Waals surface area contributed by atoms with Crippen molar-refractivity contribution in [2.75, 3.05) is 11.9 Å². The predicted octanol–water partition coefficient (Wildman–Crippen LogP) is 4.12. The number of rotatable bonds is 4. The molecule has 0 bridgehead atoms. The second-order valence-electron chi connectivity index (χ2n) is 5.88. The van der Waals surface area contributed by atoms with Gasteiger partial charge in [0.15, 0.2) is 0 Å². The van der Waals surface area contributed by atoms with E-state index in [1.54, 1.807) is 11.0 Å². The van der Waals surface area contributed by atoms with Crippen LogP contribution in [0.25, 0.3) is 0 Å². The second-order valence-corrected chi connectivity index (χ2v) is 6.72. The highest BCUT2D eigenvalue weighted by molar-refractivity contribution is 6.31. The molecule has 1 saturated heterocycles. The van der Waals surface area contributed by atoms with Gasteiger partial charge in [-0.1, -0.05) is 41.4 Å². The quantitative estimate of drug-likeness (QED) is 0.866. The van der Waals surface area contributed by atoms with Crippen molar-refractivity contribution in [2.24, 2.45) is 5.92 Å². The van der Waals surface area contributed by atoms with E-state index in [1.165, 1.54) is 12.1 Å². The van der Waals surface area contributed by atoms with Crippen LogP contribution in [0.5, 0.6) is 0 Å². The molecule has 130 valence electrons. The number of carbonyl (C=O) groups excluding carboxylic acids is 2. The fourth-order valence-electron chi connectivity index (χ4n) is 2.76. The van der Waals surface area contributed by atoms with Crippen LogP contribution in [-0.2, 0) is 16.1 Å². The molecule has 0 radical (unpaired) electrons. The van der Waals surface area contributed by atoms with Crippen molar-refractivity contribution in [1.29, 1.82) is 0 Å². The molecular weight excluding hydrogens is 366 g/mol. The molecule has 0 spiro atoms. The maximum Gasteiger partial charge on any atom is 0.229 e. The van der Waals surface area contributed by atoms with Crippen LogP contribution in [0.1, 0.15) is 12.0 Å². The van der Waals surface area contributed by atoms with Crippen LogP contribution in [0.3, 0.4) is 0 Å². The summed E-state index contributed by atoms with van der Waals surface area (Å²) in [4.78, 5) is 26.1. The summed E-state index contributed by atoms with van der Waals surface area (Å²) in [6.45, 7) is 0.614. The summed E-state index contributed by atoms with van der Waals surface area (Å²) in [5.41, 5.74) is 0.869. The lowest BCUT2D eigenvalue weighted by Crippen LogP contribution is -2.28. The average Bonchev–Trinajstić information content (AvgIpc) is 2.93. The zero-order valence-electron chi connectivity index (χ0n) is 13.1. The maximum atomic E-state index is 13.8. The Morgan fingerprint density at radius 1 is 1.24 bits per heavy atom. The van der Waals surface area contributed by atoms with E-state index < -0.39 is 17.6 Å². The lowest BCUT2D eigenvalue weighted by Gasteiger charge is -2.17. The van der Waals surface area contributed by atoms with Gasteiger partial charge in [-0.15, -0.1) is 0 Å². The highest BCUT2D eigenvalue weighted by Gasteiger charge is 2.34. The molecule has 1 aliphatic heterocycles. The number of anilines is 1. The Morgan fingerprint density at radius 2 is 2.00 bits per heavy atom. The smallest absolute Gasteiger partial charge is 0.229 e. The summed E-state index contributed by atoms with van der Waals surface area (Å²) in [6.07, 6.45) is 0.0888. The first kappa shape index (κ1) is 17.7. The first-order chi connectivity index (χ1) is 11.9. The van der Waals surface area contributed by atoms with E-state index in [-0.39, 0.29) is 29.6 Å². The number of halogens is 3. The molecule has 2 aromatic rings. The van der Waals surface area contributed by atoms with E-state index in [0.29, 0.717) is 11.6 Å². The van der Waals surface area contributed by atoms with Gasteiger partial charge in [-0.25, -0.2) is 4.39 Å². The summed E-state index contributed by atoms with van der Waals surface area (Å²) < 4.78 is 13.8. The van der Waals surface area contributed by atoms with E-state index >= 15 is 0 Å². The summed E-state index contributed by atoms with van der Waals surface area (Å²) in [7, 11) is 0. The van der Waals surface area contributed by atoms with E-state index in [1.807, 2.05) is 18.2 Å². The van der Waals surface area contributed by atoms with Crippen LogP contribution < -0.4 is 5.32 Å². The van der Waals surface area contributed by atoms with Crippen molar-refractivity contribution in [3.05, 3.63) is 63.9 Å². The molecule has 1 atom stereocenters. The Labute approximate surface area is 154 Å². The topological polar surface area (TPSA) is 49.4 Å². The van der Waals surface area contributed by atoms with Gasteiger partial charge in [0.2, 0.25) is 11.8 Å². The SMILES string of the molecule is O=C(Nc1ccc(Cl)cc1F)[C@H]1CC(=O)N(Cc2ccccc2Cl)C1. The summed E-state index contributed by atoms with van der Waals surface area (Å²) in [5.74, 6) is -1.67. The predicted molar refractivity (Wildman–Crippen MR) is 95.0 cm³/mol. The third kappa shape index (κ3) is 4.11. The molecule has 1 fully saturated rings. The summed E-state index contributed by atoms with van der Waals surface area (Å²) in [5, 5.41) is 3.34. The van der Waals surface area contributed by atoms with Crippen molar-refractivity contribution in [2.45, 2.75) is 13.0 Å². The Morgan fingerprint density at radius 3 is 2.72 bits per heavy atom. The van der Waals surface area contributed by atoms with Gasteiger partial charge in [-0.05, 0) is 29.8 Å². The highest BCUT2D eigenvalue weighted by atomic mass is 35.5. The van der Waals surface area contributed by atoms with Gasteiger partial charge in [-0.3, -0.25) is 9.59 Å². The number of likely N-dealkylation sites (tertiary alicyclic amines) is 1. The molecule has 0 unspecified atom stereocenters. The first-order valence-corrected chi connectivity index (χ1v) is 8.46. The van der Waals surface area contributed by atoms with Gasteiger partial charge in [0.25, 0.3) is 0 Å². The van der Waals surface area contributed by atoms with Gasteiger partial charge in [0.1, 0.15) is 5.82 Å². The minimum absolute atomic E-state index is 0.0476. The molecule has 0 aliphatic carbocycles. The zero-order chi connectivity index (χ0) is 18.0. The Bertz CT molecular complexity index is 828. The molecule has 3 rings (SSSR count). The number of carbonyl (C=O) groups is 2. The molecule has 0 saturated carbocycles. The molecule has 25 heavy (non-hydrogen) atoms. The summed E-state index contributed by atoms with van der Waals surface area (Å²) >= 11 is 11.8. The van der Waals surface area contributed by atoms with Crippen molar-refractivity contribution >= 4 is 40.7 Å². The van der Waals surface area contributed by atoms with Crippen LogP contribution in [0.15, 0.2) is 42.5 Å². The molecule has 7 heteroatoms. The normalized spacial score (nSPS) is 17.0. The van der Waals surface area contributed by atoms with E-state index in [0.717, 1.165) is 11.6 Å². The zero-order valence-corrected chi connectivity index (χ0v) is 14.6. The lowest BCUT2D eigenvalue weighted by molar-refractivity contribution is -0.128. The largest absolute Gasteiger partial charge is 0.337 e. The number of benzene rings is 2. The number of amides is 2. The minimum Gasteiger partial charge on any atom is -0.337 e. The lowest BCUT2D eigenvalue weighted by atomic mass is 10.1. The standard InChI is InChI=1S/C18H15Cl2FN2O2/c19-13-5-6-16(15(21)8-13)22-18(25)12-7-17(24)23(10-12)9-11-3-1-2-4-14(11)20/h1-6,8,12H,7,9-10H2,(H,22,25)/t12-/m0/s1. The van der Waals surface area contributed by atoms with Crippen LogP contribution in [0.2, 0.25) is 10.0 Å². The molecule has 2 aromatic carbocycles. The summed E-state index contributed by atoms with van der Waals surface area (Å²) in [6, 6.07) is 11.3. The first-order valence-electron chi connectivity index (χ1n) is 7.71. The number of hydrogen-bond donors (Lipinski definition) is 1. The van der Waals surface area contributed by atoms with Crippen molar-refractivity contribution in [3.63, 3.8) is 0 Å². The fraction of sp³-hybridized carbons (Fsp3) is 0.222. The molecule has 0 aromatic heterocycles. The molecular formula is C18H15Cl2FN2O2. The van der Waals surface area contributed by atoms with E-state index in [2.05, 4.69) is 5.32 Å². The third-order valence-electron chi connectivity index (χ3n) is 4.09. The van der Waals surface area contributed by atoms with Gasteiger partial charge < -0.3 is 10.2 Å². The van der Waals surface area contributed by atoms with Gasteiger partial charge in [0.05, 0.1) is 11.6 Å².